The summed E-state index contributed by atoms with van der Waals surface area (Å²) in [5.74, 6) is 0.567. The number of likely N-dealkylation sites (N-methyl/N-ethyl adjacent to an activating group) is 1. The molecule has 0 radical (unpaired) electrons. The normalized spacial score (nSPS) is 19.7. The third-order valence-corrected chi connectivity index (χ3v) is 3.59. The van der Waals surface area contributed by atoms with Gasteiger partial charge in [-0.25, -0.2) is 0 Å². The van der Waals surface area contributed by atoms with E-state index in [4.69, 9.17) is 9.84 Å². The van der Waals surface area contributed by atoms with Crippen LogP contribution in [0, 0.1) is 0 Å². The van der Waals surface area contributed by atoms with E-state index in [1.807, 2.05) is 7.05 Å². The number of ether oxygens (including phenoxy) is 1. The van der Waals surface area contributed by atoms with Crippen LogP contribution < -0.4 is 4.74 Å². The number of hydrogen-bond donors (Lipinski definition) is 1. The Morgan fingerprint density at radius 3 is 2.32 bits per heavy atom. The van der Waals surface area contributed by atoms with Crippen LogP contribution in [0.1, 0.15) is 6.42 Å². The summed E-state index contributed by atoms with van der Waals surface area (Å²) >= 11 is 0. The molecule has 1 aliphatic heterocycles. The molecule has 0 bridgehead atoms. The molecule has 1 unspecified atom stereocenters. The van der Waals surface area contributed by atoms with E-state index < -0.39 is 10.2 Å². The van der Waals surface area contributed by atoms with Gasteiger partial charge in [0, 0.05) is 20.2 Å². The number of halogens is 1. The number of benzene rings is 1. The zero-order valence-electron chi connectivity index (χ0n) is 10.9. The van der Waals surface area contributed by atoms with E-state index in [1.165, 1.54) is 24.3 Å². The highest BCUT2D eigenvalue weighted by Gasteiger charge is 2.21. The Morgan fingerprint density at radius 2 is 1.89 bits per heavy atom. The molecule has 19 heavy (non-hydrogen) atoms. The first-order valence-electron chi connectivity index (χ1n) is 5.80. The summed E-state index contributed by atoms with van der Waals surface area (Å²) in [5, 5.41) is 7.00. The van der Waals surface area contributed by atoms with Gasteiger partial charge in [0.05, 0.1) is 4.90 Å². The molecule has 5 nitrogen and oxygen atoms in total. The van der Waals surface area contributed by atoms with Gasteiger partial charge < -0.3 is 14.7 Å². The number of aliphatic hydroxyl groups is 1. The fourth-order valence-corrected chi connectivity index (χ4v) is 2.33. The van der Waals surface area contributed by atoms with Gasteiger partial charge in [-0.1, -0.05) is 0 Å². The van der Waals surface area contributed by atoms with Crippen LogP contribution in [-0.2, 0) is 10.2 Å². The first-order chi connectivity index (χ1) is 8.95. The van der Waals surface area contributed by atoms with Crippen molar-refractivity contribution >= 4 is 10.2 Å². The van der Waals surface area contributed by atoms with Crippen molar-refractivity contribution in [2.24, 2.45) is 0 Å². The van der Waals surface area contributed by atoms with Crippen molar-refractivity contribution in [1.82, 2.24) is 4.90 Å². The van der Waals surface area contributed by atoms with Gasteiger partial charge in [-0.15, -0.1) is 3.89 Å². The second kappa shape index (κ2) is 6.83. The maximum absolute atomic E-state index is 12.6. The molecule has 1 atom stereocenters. The molecule has 1 heterocycles. The first-order valence-corrected chi connectivity index (χ1v) is 7.18. The van der Waals surface area contributed by atoms with Crippen LogP contribution in [0.2, 0.25) is 0 Å². The molecule has 0 saturated carbocycles. The van der Waals surface area contributed by atoms with Crippen LogP contribution in [0.5, 0.6) is 5.75 Å². The maximum atomic E-state index is 12.6. The van der Waals surface area contributed by atoms with Crippen molar-refractivity contribution in [3.8, 4) is 5.75 Å². The van der Waals surface area contributed by atoms with Crippen LogP contribution in [0.15, 0.2) is 29.2 Å². The highest BCUT2D eigenvalue weighted by molar-refractivity contribution is 7.86. The Bertz CT molecular complexity index is 489. The van der Waals surface area contributed by atoms with Gasteiger partial charge >= 0.3 is 10.2 Å². The summed E-state index contributed by atoms with van der Waals surface area (Å²) in [6.45, 7) is 1.84. The summed E-state index contributed by atoms with van der Waals surface area (Å²) in [5.41, 5.74) is 0. The summed E-state index contributed by atoms with van der Waals surface area (Å²) < 4.78 is 39.5. The van der Waals surface area contributed by atoms with E-state index >= 15 is 0 Å². The largest absolute Gasteiger partial charge is 0.489 e. The molecule has 1 saturated heterocycles. The zero-order chi connectivity index (χ0) is 14.5. The smallest absolute Gasteiger partial charge is 0.332 e. The maximum Gasteiger partial charge on any atom is 0.332 e. The molecular weight excluding hydrogens is 273 g/mol. The number of nitrogens with zero attached hydrogens (tertiary/aromatic N) is 1. The number of likely N-dealkylation sites (tertiary alicyclic amines) is 1. The minimum atomic E-state index is -4.62. The predicted molar refractivity (Wildman–Crippen MR) is 69.4 cm³/mol. The van der Waals surface area contributed by atoms with Gasteiger partial charge in [0.15, 0.2) is 0 Å². The molecule has 1 aromatic rings. The number of hydrogen-bond acceptors (Lipinski definition) is 5. The van der Waals surface area contributed by atoms with Crippen LogP contribution in [-0.4, -0.2) is 51.8 Å². The van der Waals surface area contributed by atoms with Crippen molar-refractivity contribution in [2.75, 3.05) is 27.2 Å². The summed E-state index contributed by atoms with van der Waals surface area (Å²) in [4.78, 5) is 1.82. The molecule has 1 fully saturated rings. The Kier molecular flexibility index (Phi) is 5.71. The average molecular weight is 291 g/mol. The van der Waals surface area contributed by atoms with Crippen molar-refractivity contribution < 1.29 is 22.1 Å². The predicted octanol–water partition coefficient (Wildman–Crippen LogP) is 1.04. The molecule has 108 valence electrons. The van der Waals surface area contributed by atoms with Gasteiger partial charge in [0.2, 0.25) is 0 Å². The van der Waals surface area contributed by atoms with Gasteiger partial charge in [0.1, 0.15) is 11.9 Å². The fourth-order valence-electron chi connectivity index (χ4n) is 1.86. The first kappa shape index (κ1) is 15.9. The molecule has 7 heteroatoms. The van der Waals surface area contributed by atoms with Crippen molar-refractivity contribution in [3.63, 3.8) is 0 Å². The third-order valence-electron chi connectivity index (χ3n) is 2.76. The van der Waals surface area contributed by atoms with Crippen LogP contribution >= 0.6 is 0 Å². The molecule has 1 aliphatic rings. The lowest BCUT2D eigenvalue weighted by molar-refractivity contribution is 0.208. The summed E-state index contributed by atoms with van der Waals surface area (Å²) in [6, 6.07) is 5.38. The minimum Gasteiger partial charge on any atom is -0.489 e. The quantitative estimate of drug-likeness (QED) is 0.843. The molecule has 0 spiro atoms. The molecule has 2 rings (SSSR count). The third kappa shape index (κ3) is 4.77. The highest BCUT2D eigenvalue weighted by Crippen LogP contribution is 2.20. The number of aliphatic hydroxyl groups excluding tert-OH is 1. The Morgan fingerprint density at radius 1 is 1.32 bits per heavy atom. The highest BCUT2D eigenvalue weighted by atomic mass is 32.3. The lowest BCUT2D eigenvalue weighted by atomic mass is 10.3. The Labute approximate surface area is 112 Å². The van der Waals surface area contributed by atoms with E-state index in [0.29, 0.717) is 5.75 Å². The second-order valence-electron chi connectivity index (χ2n) is 4.20. The van der Waals surface area contributed by atoms with Gasteiger partial charge in [0.25, 0.3) is 0 Å². The standard InChI is InChI=1S/C11H14FNO3S.CH4O/c1-13-7-6-10(8-13)16-9-2-4-11(5-3-9)17(12,14)15;1-2/h2-5,10H,6-8H2,1H3;2H,1H3. The van der Waals surface area contributed by atoms with Crippen LogP contribution in [0.3, 0.4) is 0 Å². The summed E-state index contributed by atoms with van der Waals surface area (Å²) in [7, 11) is -1.60. The molecular formula is C12H18FNO4S. The van der Waals surface area contributed by atoms with Crippen molar-refractivity contribution in [3.05, 3.63) is 24.3 Å². The van der Waals surface area contributed by atoms with E-state index in [0.717, 1.165) is 26.6 Å². The van der Waals surface area contributed by atoms with E-state index in [9.17, 15) is 12.3 Å². The second-order valence-corrected chi connectivity index (χ2v) is 5.55. The molecule has 1 N–H and O–H groups in total. The number of rotatable bonds is 3. The van der Waals surface area contributed by atoms with Crippen LogP contribution in [0.25, 0.3) is 0 Å². The van der Waals surface area contributed by atoms with E-state index in [1.54, 1.807) is 0 Å². The van der Waals surface area contributed by atoms with Gasteiger partial charge in [-0.3, -0.25) is 0 Å². The molecule has 1 aromatic carbocycles. The van der Waals surface area contributed by atoms with Gasteiger partial charge in [-0.2, -0.15) is 8.42 Å². The molecule has 0 amide bonds. The van der Waals surface area contributed by atoms with Crippen LogP contribution in [0.4, 0.5) is 3.89 Å². The monoisotopic (exact) mass is 291 g/mol. The summed E-state index contributed by atoms with van der Waals surface area (Å²) in [6.07, 6.45) is 1.06. The zero-order valence-corrected chi connectivity index (χ0v) is 11.7. The Balaban J connectivity index is 0.000000861. The molecule has 0 aliphatic carbocycles. The fraction of sp³-hybridized carbons (Fsp3) is 0.500. The van der Waals surface area contributed by atoms with Gasteiger partial charge in [-0.05, 0) is 37.7 Å². The van der Waals surface area contributed by atoms with E-state index in [2.05, 4.69) is 4.90 Å². The Hall–Kier alpha value is -1.18. The minimum absolute atomic E-state index is 0.118. The topological polar surface area (TPSA) is 66.8 Å². The lowest BCUT2D eigenvalue weighted by Gasteiger charge is -2.13. The lowest BCUT2D eigenvalue weighted by Crippen LogP contribution is -2.21. The SMILES string of the molecule is CN1CCC(Oc2ccc(S(=O)(=O)F)cc2)C1.CO. The average Bonchev–Trinajstić information content (AvgIpc) is 2.77. The van der Waals surface area contributed by atoms with Crippen molar-refractivity contribution in [2.45, 2.75) is 17.4 Å². The molecule has 0 aromatic heterocycles. The van der Waals surface area contributed by atoms with E-state index in [-0.39, 0.29) is 11.0 Å². The van der Waals surface area contributed by atoms with Crippen molar-refractivity contribution in [1.29, 1.82) is 0 Å².